The Labute approximate surface area is 176 Å². The fraction of sp³-hybridized carbons (Fsp3) is 0.455. The Morgan fingerprint density at radius 2 is 1.96 bits per heavy atom. The molecule has 0 unspecified atom stereocenters. The Bertz CT molecular complexity index is 788. The third-order valence-corrected chi connectivity index (χ3v) is 5.73. The third-order valence-electron chi connectivity index (χ3n) is 4.44. The first-order valence-electron chi connectivity index (χ1n) is 9.68. The van der Waals surface area contributed by atoms with E-state index in [-0.39, 0.29) is 12.3 Å². The van der Waals surface area contributed by atoms with Crippen LogP contribution in [0.15, 0.2) is 30.2 Å². The van der Waals surface area contributed by atoms with Gasteiger partial charge in [0.05, 0.1) is 7.11 Å². The van der Waals surface area contributed by atoms with E-state index in [9.17, 15) is 4.79 Å². The van der Waals surface area contributed by atoms with E-state index in [1.807, 2.05) is 18.2 Å². The smallest absolute Gasteiger partial charge is 0.357 e. The van der Waals surface area contributed by atoms with Crippen LogP contribution in [0.4, 0.5) is 0 Å². The fourth-order valence-corrected chi connectivity index (χ4v) is 3.80. The van der Waals surface area contributed by atoms with Gasteiger partial charge in [0.25, 0.3) is 0 Å². The van der Waals surface area contributed by atoms with E-state index in [2.05, 4.69) is 23.2 Å². The summed E-state index contributed by atoms with van der Waals surface area (Å²) >= 11 is 7.75. The molecule has 4 nitrogen and oxygen atoms in total. The van der Waals surface area contributed by atoms with Crippen LogP contribution in [-0.4, -0.2) is 24.7 Å². The normalized spacial score (nSPS) is 10.7. The quantitative estimate of drug-likeness (QED) is 0.287. The predicted octanol–water partition coefficient (Wildman–Crippen LogP) is 6.58. The molecule has 28 heavy (non-hydrogen) atoms. The lowest BCUT2D eigenvalue weighted by atomic mass is 10.0. The molecular weight excluding hydrogens is 394 g/mol. The summed E-state index contributed by atoms with van der Waals surface area (Å²) in [5.41, 5.74) is 2.14. The molecule has 2 rings (SSSR count). The number of benzene rings is 1. The van der Waals surface area contributed by atoms with E-state index in [1.165, 1.54) is 50.6 Å². The minimum Gasteiger partial charge on any atom is -0.489 e. The zero-order chi connectivity index (χ0) is 20.4. The van der Waals surface area contributed by atoms with Gasteiger partial charge in [0.15, 0.2) is 5.69 Å². The van der Waals surface area contributed by atoms with Crippen LogP contribution in [0.1, 0.15) is 66.5 Å². The summed E-state index contributed by atoms with van der Waals surface area (Å²) in [5.74, 6) is 0.242. The molecule has 0 saturated heterocycles. The van der Waals surface area contributed by atoms with Crippen LogP contribution >= 0.6 is 22.9 Å². The number of ether oxygens (including phenoxy) is 2. The molecule has 0 aliphatic rings. The zero-order valence-electron chi connectivity index (χ0n) is 16.6. The lowest BCUT2D eigenvalue weighted by molar-refractivity contribution is 0.0595. The maximum atomic E-state index is 11.5. The molecule has 0 radical (unpaired) electrons. The maximum Gasteiger partial charge on any atom is 0.357 e. The number of hydrogen-bond donors (Lipinski definition) is 0. The summed E-state index contributed by atoms with van der Waals surface area (Å²) in [6.45, 7) is 6.50. The van der Waals surface area contributed by atoms with E-state index < -0.39 is 5.97 Å². The van der Waals surface area contributed by atoms with E-state index >= 15 is 0 Å². The highest BCUT2D eigenvalue weighted by Crippen LogP contribution is 2.26. The molecule has 152 valence electrons. The van der Waals surface area contributed by atoms with Crippen LogP contribution in [-0.2, 0) is 11.2 Å². The summed E-state index contributed by atoms with van der Waals surface area (Å²) in [4.78, 5) is 15.7. The van der Waals surface area contributed by atoms with Crippen molar-refractivity contribution in [2.24, 2.45) is 0 Å². The van der Waals surface area contributed by atoms with Gasteiger partial charge in [-0.2, -0.15) is 0 Å². The number of unbranched alkanes of at least 4 members (excludes halogenated alkanes) is 5. The van der Waals surface area contributed by atoms with E-state index in [0.29, 0.717) is 16.3 Å². The minimum absolute atomic E-state index is 0.279. The lowest BCUT2D eigenvalue weighted by Crippen LogP contribution is -2.03. The van der Waals surface area contributed by atoms with Gasteiger partial charge in [-0.15, -0.1) is 11.3 Å². The molecule has 1 heterocycles. The minimum atomic E-state index is -0.455. The highest BCUT2D eigenvalue weighted by Gasteiger charge is 2.13. The summed E-state index contributed by atoms with van der Waals surface area (Å²) < 4.78 is 10.5. The molecule has 2 aromatic rings. The number of aromatic nitrogens is 1. The second-order valence-corrected chi connectivity index (χ2v) is 7.96. The van der Waals surface area contributed by atoms with Crippen LogP contribution in [0, 0.1) is 0 Å². The monoisotopic (exact) mass is 421 g/mol. The van der Waals surface area contributed by atoms with Gasteiger partial charge in [-0.3, -0.25) is 0 Å². The van der Waals surface area contributed by atoms with Crippen molar-refractivity contribution in [2.45, 2.75) is 51.9 Å². The fourth-order valence-electron chi connectivity index (χ4n) is 2.78. The number of esters is 1. The number of carbonyl (C=O) groups excluding carboxylic acids is 1. The molecule has 0 N–H and O–H groups in total. The average Bonchev–Trinajstić information content (AvgIpc) is 3.19. The van der Waals surface area contributed by atoms with Crippen molar-refractivity contribution in [3.05, 3.63) is 51.4 Å². The molecule has 0 atom stereocenters. The van der Waals surface area contributed by atoms with Crippen molar-refractivity contribution in [1.29, 1.82) is 0 Å². The van der Waals surface area contributed by atoms with Crippen LogP contribution in [0.2, 0.25) is 5.02 Å². The molecule has 1 aromatic carbocycles. The number of rotatable bonds is 12. The number of hydrogen-bond acceptors (Lipinski definition) is 5. The Kier molecular flexibility index (Phi) is 9.51. The van der Waals surface area contributed by atoms with Crippen molar-refractivity contribution in [2.75, 3.05) is 13.7 Å². The highest BCUT2D eigenvalue weighted by atomic mass is 35.5. The standard InChI is InChI=1S/C22H28ClNO3S/c1-4-5-6-7-8-9-10-17-11-12-18(13-19(17)23)27-14-16(2)21-24-20(15-28-21)22(25)26-3/h11-13,15H,2,4-10,14H2,1,3H3. The van der Waals surface area contributed by atoms with Gasteiger partial charge in [0.1, 0.15) is 17.4 Å². The Morgan fingerprint density at radius 1 is 1.21 bits per heavy atom. The second kappa shape index (κ2) is 11.9. The van der Waals surface area contributed by atoms with Gasteiger partial charge in [-0.05, 0) is 30.5 Å². The number of halogens is 1. The summed E-state index contributed by atoms with van der Waals surface area (Å²) in [7, 11) is 1.33. The Hall–Kier alpha value is -1.85. The SMILES string of the molecule is C=C(COc1ccc(CCCCCCCC)c(Cl)c1)c1nc(C(=O)OC)cs1. The van der Waals surface area contributed by atoms with Crippen LogP contribution < -0.4 is 4.74 Å². The number of aryl methyl sites for hydroxylation is 1. The summed E-state index contributed by atoms with van der Waals surface area (Å²) in [5, 5.41) is 3.05. The van der Waals surface area contributed by atoms with Crippen molar-refractivity contribution >= 4 is 34.5 Å². The second-order valence-electron chi connectivity index (χ2n) is 6.69. The molecule has 0 aliphatic carbocycles. The molecule has 6 heteroatoms. The molecular formula is C22H28ClNO3S. The highest BCUT2D eigenvalue weighted by molar-refractivity contribution is 7.11. The van der Waals surface area contributed by atoms with Crippen molar-refractivity contribution in [3.63, 3.8) is 0 Å². The van der Waals surface area contributed by atoms with Crippen LogP contribution in [0.5, 0.6) is 5.75 Å². The van der Waals surface area contributed by atoms with Crippen molar-refractivity contribution in [3.8, 4) is 5.75 Å². The van der Waals surface area contributed by atoms with E-state index in [0.717, 1.165) is 23.4 Å². The van der Waals surface area contributed by atoms with E-state index in [1.54, 1.807) is 5.38 Å². The largest absolute Gasteiger partial charge is 0.489 e. The van der Waals surface area contributed by atoms with Gasteiger partial charge < -0.3 is 9.47 Å². The average molecular weight is 422 g/mol. The molecule has 0 spiro atoms. The molecule has 1 aromatic heterocycles. The topological polar surface area (TPSA) is 48.4 Å². The van der Waals surface area contributed by atoms with Gasteiger partial charge in [0, 0.05) is 16.0 Å². The number of nitrogens with zero attached hydrogens (tertiary/aromatic N) is 1. The van der Waals surface area contributed by atoms with Gasteiger partial charge in [-0.1, -0.05) is 63.3 Å². The first-order chi connectivity index (χ1) is 13.5. The molecule has 0 bridgehead atoms. The van der Waals surface area contributed by atoms with Gasteiger partial charge >= 0.3 is 5.97 Å². The molecule has 0 amide bonds. The third kappa shape index (κ3) is 6.95. The summed E-state index contributed by atoms with van der Waals surface area (Å²) in [6, 6.07) is 5.82. The zero-order valence-corrected chi connectivity index (χ0v) is 18.2. The van der Waals surface area contributed by atoms with E-state index in [4.69, 9.17) is 16.3 Å². The summed E-state index contributed by atoms with van der Waals surface area (Å²) in [6.07, 6.45) is 8.61. The first-order valence-corrected chi connectivity index (χ1v) is 10.9. The number of thiazole rings is 1. The molecule has 0 saturated carbocycles. The van der Waals surface area contributed by atoms with Crippen molar-refractivity contribution in [1.82, 2.24) is 4.98 Å². The predicted molar refractivity (Wildman–Crippen MR) is 117 cm³/mol. The first kappa shape index (κ1) is 22.4. The Morgan fingerprint density at radius 3 is 2.68 bits per heavy atom. The van der Waals surface area contributed by atoms with Gasteiger partial charge in [-0.25, -0.2) is 9.78 Å². The van der Waals surface area contributed by atoms with Crippen molar-refractivity contribution < 1.29 is 14.3 Å². The lowest BCUT2D eigenvalue weighted by Gasteiger charge is -2.10. The Balaban J connectivity index is 1.81. The molecule has 0 aliphatic heterocycles. The number of methoxy groups -OCH3 is 1. The maximum absolute atomic E-state index is 11.5. The van der Waals surface area contributed by atoms with Crippen LogP contribution in [0.3, 0.4) is 0 Å². The number of carbonyl (C=O) groups is 1. The molecule has 0 fully saturated rings. The van der Waals surface area contributed by atoms with Gasteiger partial charge in [0.2, 0.25) is 0 Å². The van der Waals surface area contributed by atoms with Crippen LogP contribution in [0.25, 0.3) is 5.57 Å².